The van der Waals surface area contributed by atoms with E-state index in [1.807, 2.05) is 0 Å². The van der Waals surface area contributed by atoms with E-state index in [1.54, 1.807) is 67.6 Å². The minimum Gasteiger partial charge on any atom is -0.448 e. The number of carbonyl (C=O) groups excluding carboxylic acids is 1. The maximum absolute atomic E-state index is 12.3. The molecule has 134 valence electrons. The Bertz CT molecular complexity index is 642. The summed E-state index contributed by atoms with van der Waals surface area (Å²) in [6.45, 7) is 1.61. The highest BCUT2D eigenvalue weighted by molar-refractivity contribution is 5.79. The van der Waals surface area contributed by atoms with Gasteiger partial charge in [0.1, 0.15) is 0 Å². The van der Waals surface area contributed by atoms with Gasteiger partial charge in [0, 0.05) is 6.42 Å². The van der Waals surface area contributed by atoms with Gasteiger partial charge in [0.15, 0.2) is 6.10 Å². The number of esters is 1. The van der Waals surface area contributed by atoms with E-state index in [0.717, 1.165) is 0 Å². The molecule has 2 rings (SSSR count). The topological polar surface area (TPSA) is 107 Å². The van der Waals surface area contributed by atoms with Crippen LogP contribution in [0.5, 0.6) is 0 Å². The van der Waals surface area contributed by atoms with E-state index in [4.69, 9.17) is 4.74 Å². The van der Waals surface area contributed by atoms with Gasteiger partial charge in [-0.25, -0.2) is 4.79 Å². The normalized spacial score (nSPS) is 12.2. The second kappa shape index (κ2) is 7.76. The van der Waals surface area contributed by atoms with Crippen LogP contribution in [-0.4, -0.2) is 38.0 Å². The van der Waals surface area contributed by atoms with Crippen LogP contribution < -0.4 is 0 Å². The monoisotopic (exact) mass is 346 g/mol. The SMILES string of the molecule is CCCC(O)(O)C(O)(O)C(=O)OC(c1ccccc1)c1ccccc1. The molecule has 2 aromatic carbocycles. The number of ether oxygens (including phenoxy) is 1. The number of carbonyl (C=O) groups is 1. The van der Waals surface area contributed by atoms with Gasteiger partial charge in [-0.2, -0.15) is 0 Å². The Morgan fingerprint density at radius 2 is 1.36 bits per heavy atom. The van der Waals surface area contributed by atoms with Gasteiger partial charge in [-0.3, -0.25) is 0 Å². The lowest BCUT2D eigenvalue weighted by Crippen LogP contribution is -2.60. The third kappa shape index (κ3) is 4.24. The highest BCUT2D eigenvalue weighted by atomic mass is 16.6. The van der Waals surface area contributed by atoms with E-state index in [9.17, 15) is 25.2 Å². The van der Waals surface area contributed by atoms with Crippen molar-refractivity contribution in [2.75, 3.05) is 0 Å². The fraction of sp³-hybridized carbons (Fsp3) is 0.316. The Morgan fingerprint density at radius 3 is 1.76 bits per heavy atom. The van der Waals surface area contributed by atoms with E-state index in [1.165, 1.54) is 0 Å². The predicted octanol–water partition coefficient (Wildman–Crippen LogP) is 1.48. The molecule has 25 heavy (non-hydrogen) atoms. The van der Waals surface area contributed by atoms with Crippen molar-refractivity contribution < 1.29 is 30.0 Å². The van der Waals surface area contributed by atoms with Crippen molar-refractivity contribution in [3.63, 3.8) is 0 Å². The van der Waals surface area contributed by atoms with Crippen molar-refractivity contribution in [2.24, 2.45) is 0 Å². The maximum Gasteiger partial charge on any atom is 0.373 e. The van der Waals surface area contributed by atoms with Crippen molar-refractivity contribution in [1.29, 1.82) is 0 Å². The number of hydrogen-bond acceptors (Lipinski definition) is 6. The van der Waals surface area contributed by atoms with Gasteiger partial charge in [-0.15, -0.1) is 0 Å². The molecule has 0 aliphatic carbocycles. The first kappa shape index (κ1) is 19.1. The number of hydrogen-bond donors (Lipinski definition) is 4. The van der Waals surface area contributed by atoms with Crippen LogP contribution in [0.25, 0.3) is 0 Å². The Labute approximate surface area is 145 Å². The lowest BCUT2D eigenvalue weighted by molar-refractivity contribution is -0.348. The molecule has 0 aliphatic heterocycles. The van der Waals surface area contributed by atoms with Crippen LogP contribution in [0.1, 0.15) is 37.0 Å². The summed E-state index contributed by atoms with van der Waals surface area (Å²) in [5, 5.41) is 39.6. The summed E-state index contributed by atoms with van der Waals surface area (Å²) < 4.78 is 5.26. The second-order valence-electron chi connectivity index (χ2n) is 5.85. The molecule has 0 bridgehead atoms. The first-order valence-corrected chi connectivity index (χ1v) is 8.00. The molecule has 0 atom stereocenters. The summed E-state index contributed by atoms with van der Waals surface area (Å²) in [5.41, 5.74) is 1.21. The summed E-state index contributed by atoms with van der Waals surface area (Å²) in [7, 11) is 0. The van der Waals surface area contributed by atoms with Gasteiger partial charge in [-0.05, 0) is 11.1 Å². The van der Waals surface area contributed by atoms with E-state index in [0.29, 0.717) is 11.1 Å². The fourth-order valence-corrected chi connectivity index (χ4v) is 2.46. The van der Waals surface area contributed by atoms with Gasteiger partial charge >= 0.3 is 11.8 Å². The summed E-state index contributed by atoms with van der Waals surface area (Å²) >= 11 is 0. The van der Waals surface area contributed by atoms with E-state index >= 15 is 0 Å². The molecule has 0 fully saturated rings. The standard InChI is InChI=1S/C19H22O6/c1-2-13-18(21,22)19(23,24)17(20)25-16(14-9-5-3-6-10-14)15-11-7-4-8-12-15/h3-12,16,21-24H,2,13H2,1H3. The third-order valence-corrected chi connectivity index (χ3v) is 3.87. The van der Waals surface area contributed by atoms with Crippen LogP contribution in [0.2, 0.25) is 0 Å². The Hall–Kier alpha value is -2.25. The Balaban J connectivity index is 2.33. The molecule has 6 nitrogen and oxygen atoms in total. The van der Waals surface area contributed by atoms with Crippen molar-refractivity contribution in [2.45, 2.75) is 37.4 Å². The van der Waals surface area contributed by atoms with Crippen molar-refractivity contribution >= 4 is 5.97 Å². The first-order chi connectivity index (χ1) is 11.8. The number of benzene rings is 2. The van der Waals surface area contributed by atoms with Crippen LogP contribution in [0.15, 0.2) is 60.7 Å². The van der Waals surface area contributed by atoms with E-state index < -0.39 is 30.1 Å². The van der Waals surface area contributed by atoms with Crippen LogP contribution in [0.4, 0.5) is 0 Å². The highest BCUT2D eigenvalue weighted by Crippen LogP contribution is 2.30. The molecule has 0 amide bonds. The van der Waals surface area contributed by atoms with Crippen LogP contribution in [0.3, 0.4) is 0 Å². The molecule has 0 radical (unpaired) electrons. The fourth-order valence-electron chi connectivity index (χ4n) is 2.46. The third-order valence-electron chi connectivity index (χ3n) is 3.87. The lowest BCUT2D eigenvalue weighted by Gasteiger charge is -2.33. The molecule has 0 saturated heterocycles. The minimum absolute atomic E-state index is 0.226. The first-order valence-electron chi connectivity index (χ1n) is 8.00. The van der Waals surface area contributed by atoms with Gasteiger partial charge < -0.3 is 25.2 Å². The highest BCUT2D eigenvalue weighted by Gasteiger charge is 2.55. The smallest absolute Gasteiger partial charge is 0.373 e. The Kier molecular flexibility index (Phi) is 5.92. The number of rotatable bonds is 7. The second-order valence-corrected chi connectivity index (χ2v) is 5.85. The molecule has 0 unspecified atom stereocenters. The van der Waals surface area contributed by atoms with Crippen LogP contribution >= 0.6 is 0 Å². The molecule has 0 spiro atoms. The summed E-state index contributed by atoms with van der Waals surface area (Å²) in [5.74, 6) is -8.01. The zero-order valence-corrected chi connectivity index (χ0v) is 13.9. The van der Waals surface area contributed by atoms with Gasteiger partial charge in [0.25, 0.3) is 0 Å². The Morgan fingerprint density at radius 1 is 0.920 bits per heavy atom. The number of aliphatic hydroxyl groups is 4. The summed E-state index contributed by atoms with van der Waals surface area (Å²) in [6, 6.07) is 17.5. The summed E-state index contributed by atoms with van der Waals surface area (Å²) in [6.07, 6.45) is -1.11. The van der Waals surface area contributed by atoms with Crippen LogP contribution in [0, 0.1) is 0 Å². The lowest BCUT2D eigenvalue weighted by atomic mass is 9.99. The molecule has 2 aromatic rings. The van der Waals surface area contributed by atoms with Gasteiger partial charge in [0.2, 0.25) is 5.79 Å². The molecule has 4 N–H and O–H groups in total. The average Bonchev–Trinajstić information content (AvgIpc) is 2.60. The van der Waals surface area contributed by atoms with Crippen molar-refractivity contribution in [1.82, 2.24) is 0 Å². The predicted molar refractivity (Wildman–Crippen MR) is 90.1 cm³/mol. The van der Waals surface area contributed by atoms with Crippen molar-refractivity contribution in [3.05, 3.63) is 71.8 Å². The summed E-state index contributed by atoms with van der Waals surface area (Å²) in [4.78, 5) is 12.3. The largest absolute Gasteiger partial charge is 0.448 e. The molecule has 0 aromatic heterocycles. The molecule has 0 aliphatic rings. The zero-order chi connectivity index (χ0) is 18.5. The van der Waals surface area contributed by atoms with Crippen LogP contribution in [-0.2, 0) is 9.53 Å². The maximum atomic E-state index is 12.3. The molecular formula is C19H22O6. The molecule has 0 saturated carbocycles. The van der Waals surface area contributed by atoms with Gasteiger partial charge in [-0.1, -0.05) is 74.0 Å². The zero-order valence-electron chi connectivity index (χ0n) is 13.9. The molecule has 0 heterocycles. The quantitative estimate of drug-likeness (QED) is 0.447. The average molecular weight is 346 g/mol. The van der Waals surface area contributed by atoms with E-state index in [-0.39, 0.29) is 6.42 Å². The van der Waals surface area contributed by atoms with Gasteiger partial charge in [0.05, 0.1) is 0 Å². The van der Waals surface area contributed by atoms with Crippen molar-refractivity contribution in [3.8, 4) is 0 Å². The molecule has 6 heteroatoms. The minimum atomic E-state index is -3.45. The van der Waals surface area contributed by atoms with E-state index in [2.05, 4.69) is 0 Å². The molecular weight excluding hydrogens is 324 g/mol.